The standard InChI is InChI=1S/C17H26N2/c1-12-7-8-19(11-12)16-5-6-17-15(10-16)9-13(2)14(3)18(17)4/h5-6,10,12-14H,7-9,11H2,1-4H3/t12?,13?,14-/m0/s1. The zero-order valence-corrected chi connectivity index (χ0v) is 12.7. The number of anilines is 2. The topological polar surface area (TPSA) is 6.48 Å². The van der Waals surface area contributed by atoms with Crippen molar-refractivity contribution in [2.75, 3.05) is 29.9 Å². The van der Waals surface area contributed by atoms with Crippen LogP contribution in [0.1, 0.15) is 32.8 Å². The smallest absolute Gasteiger partial charge is 0.0400 e. The Morgan fingerprint density at radius 2 is 1.95 bits per heavy atom. The van der Waals surface area contributed by atoms with Gasteiger partial charge in [-0.25, -0.2) is 0 Å². The first-order valence-corrected chi connectivity index (χ1v) is 7.67. The molecule has 2 unspecified atom stereocenters. The van der Waals surface area contributed by atoms with Gasteiger partial charge in [-0.05, 0) is 55.4 Å². The van der Waals surface area contributed by atoms with Gasteiger partial charge in [0, 0.05) is 37.6 Å². The number of hydrogen-bond donors (Lipinski definition) is 0. The van der Waals surface area contributed by atoms with Crippen LogP contribution in [0, 0.1) is 11.8 Å². The summed E-state index contributed by atoms with van der Waals surface area (Å²) in [5.74, 6) is 1.59. The van der Waals surface area contributed by atoms with Crippen LogP contribution in [0.5, 0.6) is 0 Å². The summed E-state index contributed by atoms with van der Waals surface area (Å²) in [5.41, 5.74) is 4.39. The highest BCUT2D eigenvalue weighted by molar-refractivity contribution is 5.63. The summed E-state index contributed by atoms with van der Waals surface area (Å²) in [6, 6.07) is 7.73. The summed E-state index contributed by atoms with van der Waals surface area (Å²) in [7, 11) is 2.23. The van der Waals surface area contributed by atoms with E-state index in [4.69, 9.17) is 0 Å². The van der Waals surface area contributed by atoms with Crippen LogP contribution >= 0.6 is 0 Å². The molecular formula is C17H26N2. The van der Waals surface area contributed by atoms with Crippen LogP contribution in [0.25, 0.3) is 0 Å². The van der Waals surface area contributed by atoms with Gasteiger partial charge in [-0.2, -0.15) is 0 Å². The van der Waals surface area contributed by atoms with Crippen LogP contribution in [0.15, 0.2) is 18.2 Å². The molecule has 2 aliphatic rings. The molecule has 0 aliphatic carbocycles. The third-order valence-corrected chi connectivity index (χ3v) is 5.21. The van der Waals surface area contributed by atoms with Gasteiger partial charge in [-0.1, -0.05) is 13.8 Å². The molecule has 2 nitrogen and oxygen atoms in total. The van der Waals surface area contributed by atoms with Gasteiger partial charge in [0.1, 0.15) is 0 Å². The second-order valence-corrected chi connectivity index (χ2v) is 6.69. The molecule has 0 aromatic heterocycles. The fourth-order valence-electron chi connectivity index (χ4n) is 3.56. The van der Waals surface area contributed by atoms with Gasteiger partial charge in [0.25, 0.3) is 0 Å². The van der Waals surface area contributed by atoms with Gasteiger partial charge in [-0.3, -0.25) is 0 Å². The number of nitrogens with zero attached hydrogens (tertiary/aromatic N) is 2. The molecular weight excluding hydrogens is 232 g/mol. The van der Waals surface area contributed by atoms with Crippen LogP contribution in [-0.4, -0.2) is 26.2 Å². The maximum Gasteiger partial charge on any atom is 0.0400 e. The zero-order chi connectivity index (χ0) is 13.6. The van der Waals surface area contributed by atoms with E-state index < -0.39 is 0 Å². The molecule has 19 heavy (non-hydrogen) atoms. The lowest BCUT2D eigenvalue weighted by Gasteiger charge is -2.39. The minimum atomic E-state index is 0.644. The highest BCUT2D eigenvalue weighted by atomic mass is 15.2. The molecule has 1 aromatic carbocycles. The summed E-state index contributed by atoms with van der Waals surface area (Å²) in [5, 5.41) is 0. The van der Waals surface area contributed by atoms with Gasteiger partial charge in [-0.15, -0.1) is 0 Å². The lowest BCUT2D eigenvalue weighted by molar-refractivity contribution is 0.443. The first-order valence-electron chi connectivity index (χ1n) is 7.67. The molecule has 0 radical (unpaired) electrons. The number of fused-ring (bicyclic) bond motifs is 1. The van der Waals surface area contributed by atoms with Crippen molar-refractivity contribution in [3.8, 4) is 0 Å². The molecule has 0 spiro atoms. The Bertz CT molecular complexity index is 468. The highest BCUT2D eigenvalue weighted by Gasteiger charge is 2.27. The Balaban J connectivity index is 1.90. The average molecular weight is 258 g/mol. The molecule has 2 heteroatoms. The molecule has 0 amide bonds. The molecule has 1 aromatic rings. The van der Waals surface area contributed by atoms with Crippen LogP contribution in [-0.2, 0) is 6.42 Å². The number of hydrogen-bond acceptors (Lipinski definition) is 2. The quantitative estimate of drug-likeness (QED) is 0.760. The van der Waals surface area contributed by atoms with Crippen molar-refractivity contribution < 1.29 is 0 Å². The molecule has 1 fully saturated rings. The van der Waals surface area contributed by atoms with Crippen molar-refractivity contribution in [1.29, 1.82) is 0 Å². The first kappa shape index (κ1) is 12.8. The van der Waals surface area contributed by atoms with E-state index in [1.54, 1.807) is 0 Å². The monoisotopic (exact) mass is 258 g/mol. The Kier molecular flexibility index (Phi) is 3.20. The van der Waals surface area contributed by atoms with Gasteiger partial charge in [0.15, 0.2) is 0 Å². The molecule has 2 heterocycles. The van der Waals surface area contributed by atoms with Crippen molar-refractivity contribution in [3.05, 3.63) is 23.8 Å². The van der Waals surface area contributed by atoms with Gasteiger partial charge in [0.2, 0.25) is 0 Å². The first-order chi connectivity index (χ1) is 9.06. The van der Waals surface area contributed by atoms with Crippen molar-refractivity contribution in [1.82, 2.24) is 0 Å². The van der Waals surface area contributed by atoms with E-state index in [0.29, 0.717) is 6.04 Å². The predicted molar refractivity (Wildman–Crippen MR) is 83.2 cm³/mol. The van der Waals surface area contributed by atoms with Crippen molar-refractivity contribution >= 4 is 11.4 Å². The van der Waals surface area contributed by atoms with Crippen molar-refractivity contribution in [2.24, 2.45) is 11.8 Å². The van der Waals surface area contributed by atoms with Crippen LogP contribution in [0.3, 0.4) is 0 Å². The fraction of sp³-hybridized carbons (Fsp3) is 0.647. The minimum Gasteiger partial charge on any atom is -0.371 e. The van der Waals surface area contributed by atoms with Gasteiger partial charge < -0.3 is 9.80 Å². The molecule has 0 saturated carbocycles. The highest BCUT2D eigenvalue weighted by Crippen LogP contribution is 2.36. The third-order valence-electron chi connectivity index (χ3n) is 5.21. The predicted octanol–water partition coefficient (Wildman–Crippen LogP) is 3.55. The molecule has 3 rings (SSSR count). The normalized spacial score (nSPS) is 30.6. The largest absolute Gasteiger partial charge is 0.371 e. The summed E-state index contributed by atoms with van der Waals surface area (Å²) in [6.45, 7) is 9.51. The van der Waals surface area contributed by atoms with E-state index in [9.17, 15) is 0 Å². The summed E-state index contributed by atoms with van der Waals surface area (Å²) in [4.78, 5) is 4.99. The molecule has 0 N–H and O–H groups in total. The Hall–Kier alpha value is -1.18. The molecule has 1 saturated heterocycles. The summed E-state index contributed by atoms with van der Waals surface area (Å²) in [6.07, 6.45) is 2.56. The van der Waals surface area contributed by atoms with E-state index >= 15 is 0 Å². The average Bonchev–Trinajstić information content (AvgIpc) is 2.82. The summed E-state index contributed by atoms with van der Waals surface area (Å²) >= 11 is 0. The van der Waals surface area contributed by atoms with E-state index in [-0.39, 0.29) is 0 Å². The SMILES string of the molecule is CC1CCN(c2ccc3c(c2)CC(C)[C@H](C)N3C)C1. The second kappa shape index (κ2) is 4.73. The molecule has 0 bridgehead atoms. The lowest BCUT2D eigenvalue weighted by Crippen LogP contribution is -2.39. The van der Waals surface area contributed by atoms with E-state index in [1.165, 1.54) is 42.9 Å². The van der Waals surface area contributed by atoms with E-state index in [0.717, 1.165) is 11.8 Å². The van der Waals surface area contributed by atoms with Crippen LogP contribution in [0.4, 0.5) is 11.4 Å². The van der Waals surface area contributed by atoms with Crippen molar-refractivity contribution in [3.63, 3.8) is 0 Å². The Morgan fingerprint density at radius 1 is 1.16 bits per heavy atom. The summed E-state index contributed by atoms with van der Waals surface area (Å²) < 4.78 is 0. The van der Waals surface area contributed by atoms with Crippen molar-refractivity contribution in [2.45, 2.75) is 39.7 Å². The van der Waals surface area contributed by atoms with E-state index in [2.05, 4.69) is 55.8 Å². The zero-order valence-electron chi connectivity index (χ0n) is 12.7. The van der Waals surface area contributed by atoms with Gasteiger partial charge >= 0.3 is 0 Å². The number of rotatable bonds is 1. The Morgan fingerprint density at radius 3 is 2.63 bits per heavy atom. The fourth-order valence-corrected chi connectivity index (χ4v) is 3.56. The second-order valence-electron chi connectivity index (χ2n) is 6.69. The molecule has 104 valence electrons. The number of benzene rings is 1. The molecule has 3 atom stereocenters. The maximum atomic E-state index is 2.55. The minimum absolute atomic E-state index is 0.644. The van der Waals surface area contributed by atoms with Crippen LogP contribution < -0.4 is 9.80 Å². The molecule has 2 aliphatic heterocycles. The third kappa shape index (κ3) is 2.22. The van der Waals surface area contributed by atoms with Gasteiger partial charge in [0.05, 0.1) is 0 Å². The Labute approximate surface area is 117 Å². The maximum absolute atomic E-state index is 2.55. The lowest BCUT2D eigenvalue weighted by atomic mass is 9.88. The van der Waals surface area contributed by atoms with Crippen LogP contribution in [0.2, 0.25) is 0 Å². The van der Waals surface area contributed by atoms with E-state index in [1.807, 2.05) is 0 Å².